The summed E-state index contributed by atoms with van der Waals surface area (Å²) in [6, 6.07) is 7.24. The lowest BCUT2D eigenvalue weighted by atomic mass is 10.1. The van der Waals surface area contributed by atoms with Crippen molar-refractivity contribution in [2.75, 3.05) is 38.0 Å². The molecular formula is C20H20F2N4O4. The maximum Gasteiger partial charge on any atom is 0.269 e. The number of amides is 2. The van der Waals surface area contributed by atoms with E-state index < -0.39 is 16.6 Å². The smallest absolute Gasteiger partial charge is 0.269 e. The molecule has 30 heavy (non-hydrogen) atoms. The minimum absolute atomic E-state index is 0.0488. The first kappa shape index (κ1) is 21.3. The Bertz CT molecular complexity index is 991. The van der Waals surface area contributed by atoms with Crippen molar-refractivity contribution in [2.45, 2.75) is 6.92 Å². The summed E-state index contributed by atoms with van der Waals surface area (Å²) in [6.07, 6.45) is 0. The minimum Gasteiger partial charge on any atom is -0.336 e. The number of aryl methyl sites for hydroxylation is 1. The zero-order valence-electron chi connectivity index (χ0n) is 16.2. The Balaban J connectivity index is 1.51. The van der Waals surface area contributed by atoms with Crippen molar-refractivity contribution in [3.63, 3.8) is 0 Å². The van der Waals surface area contributed by atoms with Gasteiger partial charge in [0, 0.05) is 49.6 Å². The first-order chi connectivity index (χ1) is 14.2. The fourth-order valence-electron chi connectivity index (χ4n) is 3.22. The quantitative estimate of drug-likeness (QED) is 0.595. The molecule has 1 N–H and O–H groups in total. The summed E-state index contributed by atoms with van der Waals surface area (Å²) in [7, 11) is 0. The number of carbonyl (C=O) groups is 2. The van der Waals surface area contributed by atoms with Gasteiger partial charge in [0.15, 0.2) is 11.6 Å². The minimum atomic E-state index is -1.07. The van der Waals surface area contributed by atoms with Crippen molar-refractivity contribution in [1.82, 2.24) is 9.80 Å². The molecule has 2 aromatic rings. The fourth-order valence-corrected chi connectivity index (χ4v) is 3.22. The number of nitro benzene ring substituents is 1. The molecule has 2 amide bonds. The monoisotopic (exact) mass is 418 g/mol. The van der Waals surface area contributed by atoms with Gasteiger partial charge in [-0.25, -0.2) is 8.78 Å². The maximum absolute atomic E-state index is 13.3. The Morgan fingerprint density at radius 3 is 2.37 bits per heavy atom. The Labute approximate surface area is 171 Å². The normalized spacial score (nSPS) is 14.4. The van der Waals surface area contributed by atoms with E-state index in [2.05, 4.69) is 5.32 Å². The third kappa shape index (κ3) is 4.95. The third-order valence-electron chi connectivity index (χ3n) is 4.89. The van der Waals surface area contributed by atoms with E-state index in [1.54, 1.807) is 6.92 Å². The van der Waals surface area contributed by atoms with Crippen molar-refractivity contribution >= 4 is 23.2 Å². The summed E-state index contributed by atoms with van der Waals surface area (Å²) in [5.41, 5.74) is 1.11. The Morgan fingerprint density at radius 1 is 1.07 bits per heavy atom. The van der Waals surface area contributed by atoms with Crippen LogP contribution >= 0.6 is 0 Å². The zero-order chi connectivity index (χ0) is 21.8. The number of piperazine rings is 1. The molecule has 0 aromatic heterocycles. The summed E-state index contributed by atoms with van der Waals surface area (Å²) in [5, 5.41) is 13.5. The predicted molar refractivity (Wildman–Crippen MR) is 105 cm³/mol. The Hall–Kier alpha value is -3.40. The second-order valence-electron chi connectivity index (χ2n) is 7.00. The number of hydrogen-bond acceptors (Lipinski definition) is 5. The fraction of sp³-hybridized carbons (Fsp3) is 0.300. The van der Waals surface area contributed by atoms with Gasteiger partial charge >= 0.3 is 0 Å². The van der Waals surface area contributed by atoms with Gasteiger partial charge in [-0.2, -0.15) is 0 Å². The van der Waals surface area contributed by atoms with Crippen LogP contribution in [0.5, 0.6) is 0 Å². The standard InChI is InChI=1S/C20H20F2N4O4/c1-13-10-15(26(29)30)3-5-18(13)23-19(27)12-24-6-8-25(9-7-24)20(28)14-2-4-16(21)17(22)11-14/h2-5,10-11H,6-9,12H2,1H3,(H,23,27). The predicted octanol–water partition coefficient (Wildman–Crippen LogP) is 2.58. The van der Waals surface area contributed by atoms with Crippen LogP contribution in [0, 0.1) is 28.7 Å². The first-order valence-corrected chi connectivity index (χ1v) is 9.26. The van der Waals surface area contributed by atoms with Gasteiger partial charge in [-0.1, -0.05) is 0 Å². The van der Waals surface area contributed by atoms with Crippen LogP contribution in [0.25, 0.3) is 0 Å². The second-order valence-corrected chi connectivity index (χ2v) is 7.00. The molecule has 0 aliphatic carbocycles. The molecule has 10 heteroatoms. The van der Waals surface area contributed by atoms with Gasteiger partial charge in [-0.05, 0) is 36.8 Å². The number of rotatable bonds is 5. The molecule has 0 radical (unpaired) electrons. The van der Waals surface area contributed by atoms with Crippen LogP contribution in [0.1, 0.15) is 15.9 Å². The molecular weight excluding hydrogens is 398 g/mol. The van der Waals surface area contributed by atoms with Gasteiger partial charge in [0.25, 0.3) is 11.6 Å². The number of nitrogens with zero attached hydrogens (tertiary/aromatic N) is 3. The molecule has 0 atom stereocenters. The molecule has 0 spiro atoms. The van der Waals surface area contributed by atoms with Crippen LogP contribution in [0.3, 0.4) is 0 Å². The van der Waals surface area contributed by atoms with Gasteiger partial charge in [0.05, 0.1) is 11.5 Å². The average Bonchev–Trinajstić information content (AvgIpc) is 2.71. The third-order valence-corrected chi connectivity index (χ3v) is 4.89. The van der Waals surface area contributed by atoms with E-state index in [4.69, 9.17) is 0 Å². The number of halogens is 2. The molecule has 3 rings (SSSR count). The van der Waals surface area contributed by atoms with Crippen LogP contribution in [-0.4, -0.2) is 59.3 Å². The molecule has 1 aliphatic rings. The number of hydrogen-bond donors (Lipinski definition) is 1. The maximum atomic E-state index is 13.3. The summed E-state index contributed by atoms with van der Waals surface area (Å²) in [5.74, 6) is -2.74. The van der Waals surface area contributed by atoms with E-state index in [1.165, 1.54) is 29.2 Å². The highest BCUT2D eigenvalue weighted by atomic mass is 19.2. The molecule has 0 unspecified atom stereocenters. The highest BCUT2D eigenvalue weighted by Crippen LogP contribution is 2.21. The number of nitrogens with one attached hydrogen (secondary N) is 1. The lowest BCUT2D eigenvalue weighted by Gasteiger charge is -2.34. The number of nitro groups is 1. The van der Waals surface area contributed by atoms with Crippen molar-refractivity contribution in [2.24, 2.45) is 0 Å². The van der Waals surface area contributed by atoms with Gasteiger partial charge < -0.3 is 10.2 Å². The molecule has 0 bridgehead atoms. The summed E-state index contributed by atoms with van der Waals surface area (Å²) >= 11 is 0. The number of non-ortho nitro benzene ring substituents is 1. The van der Waals surface area contributed by atoms with Crippen molar-refractivity contribution in [1.29, 1.82) is 0 Å². The van der Waals surface area contributed by atoms with Crippen LogP contribution in [0.2, 0.25) is 0 Å². The summed E-state index contributed by atoms with van der Waals surface area (Å²) < 4.78 is 26.4. The Kier molecular flexibility index (Phi) is 6.36. The highest BCUT2D eigenvalue weighted by molar-refractivity contribution is 5.94. The van der Waals surface area contributed by atoms with E-state index in [-0.39, 0.29) is 29.6 Å². The number of benzene rings is 2. The molecule has 1 aliphatic heterocycles. The molecule has 158 valence electrons. The number of carbonyl (C=O) groups excluding carboxylic acids is 2. The molecule has 2 aromatic carbocycles. The zero-order valence-corrected chi connectivity index (χ0v) is 16.2. The number of anilines is 1. The summed E-state index contributed by atoms with van der Waals surface area (Å²) in [6.45, 7) is 3.36. The van der Waals surface area contributed by atoms with Crippen LogP contribution < -0.4 is 5.32 Å². The van der Waals surface area contributed by atoms with E-state index in [0.29, 0.717) is 37.4 Å². The SMILES string of the molecule is Cc1cc([N+](=O)[O-])ccc1NC(=O)CN1CCN(C(=O)c2ccc(F)c(F)c2)CC1. The van der Waals surface area contributed by atoms with Crippen molar-refractivity contribution in [3.05, 3.63) is 69.3 Å². The van der Waals surface area contributed by atoms with Crippen LogP contribution in [0.4, 0.5) is 20.2 Å². The molecule has 8 nitrogen and oxygen atoms in total. The van der Waals surface area contributed by atoms with Gasteiger partial charge in [-0.15, -0.1) is 0 Å². The van der Waals surface area contributed by atoms with E-state index in [1.807, 2.05) is 4.90 Å². The highest BCUT2D eigenvalue weighted by Gasteiger charge is 2.24. The molecule has 1 saturated heterocycles. The van der Waals surface area contributed by atoms with Gasteiger partial charge in [-0.3, -0.25) is 24.6 Å². The lowest BCUT2D eigenvalue weighted by Crippen LogP contribution is -2.50. The van der Waals surface area contributed by atoms with E-state index >= 15 is 0 Å². The van der Waals surface area contributed by atoms with Crippen molar-refractivity contribution in [3.8, 4) is 0 Å². The lowest BCUT2D eigenvalue weighted by molar-refractivity contribution is -0.384. The van der Waals surface area contributed by atoms with Gasteiger partial charge in [0.1, 0.15) is 0 Å². The molecule has 0 saturated carbocycles. The van der Waals surface area contributed by atoms with Gasteiger partial charge in [0.2, 0.25) is 5.91 Å². The first-order valence-electron chi connectivity index (χ1n) is 9.26. The molecule has 1 fully saturated rings. The van der Waals surface area contributed by atoms with Crippen molar-refractivity contribution < 1.29 is 23.3 Å². The largest absolute Gasteiger partial charge is 0.336 e. The summed E-state index contributed by atoms with van der Waals surface area (Å²) in [4.78, 5) is 38.4. The van der Waals surface area contributed by atoms with Crippen LogP contribution in [-0.2, 0) is 4.79 Å². The topological polar surface area (TPSA) is 95.8 Å². The Morgan fingerprint density at radius 2 is 1.77 bits per heavy atom. The van der Waals surface area contributed by atoms with E-state index in [9.17, 15) is 28.5 Å². The second kappa shape index (κ2) is 8.95. The average molecular weight is 418 g/mol. The van der Waals surface area contributed by atoms with E-state index in [0.717, 1.165) is 12.1 Å². The molecule has 1 heterocycles. The van der Waals surface area contributed by atoms with Crippen LogP contribution in [0.15, 0.2) is 36.4 Å².